The van der Waals surface area contributed by atoms with Gasteiger partial charge in [0.1, 0.15) is 5.69 Å². The number of hydrogen-bond acceptors (Lipinski definition) is 3. The van der Waals surface area contributed by atoms with Crippen molar-refractivity contribution >= 4 is 16.8 Å². The first-order chi connectivity index (χ1) is 10.8. The molecular formula is C18H17N3O. The molecule has 0 spiro atoms. The number of pyridine rings is 2. The van der Waals surface area contributed by atoms with Crippen LogP contribution < -0.4 is 5.32 Å². The van der Waals surface area contributed by atoms with Crippen LogP contribution in [0.1, 0.15) is 28.5 Å². The van der Waals surface area contributed by atoms with Crippen LogP contribution in [-0.4, -0.2) is 15.9 Å². The highest BCUT2D eigenvalue weighted by Gasteiger charge is 2.09. The van der Waals surface area contributed by atoms with Crippen molar-refractivity contribution in [3.8, 4) is 0 Å². The molecule has 2 aromatic heterocycles. The molecule has 1 N–H and O–H groups in total. The van der Waals surface area contributed by atoms with Gasteiger partial charge in [-0.2, -0.15) is 0 Å². The second kappa shape index (κ2) is 6.35. The third-order valence-electron chi connectivity index (χ3n) is 3.66. The minimum Gasteiger partial charge on any atom is -0.347 e. The molecule has 110 valence electrons. The second-order valence-electron chi connectivity index (χ2n) is 5.07. The molecule has 1 amide bonds. The van der Waals surface area contributed by atoms with Gasteiger partial charge in [-0.3, -0.25) is 9.78 Å². The van der Waals surface area contributed by atoms with Crippen molar-refractivity contribution in [3.05, 3.63) is 71.7 Å². The molecule has 3 aromatic rings. The van der Waals surface area contributed by atoms with Crippen LogP contribution in [0.15, 0.2) is 54.9 Å². The molecular weight excluding hydrogens is 274 g/mol. The van der Waals surface area contributed by atoms with Crippen molar-refractivity contribution in [2.45, 2.75) is 19.9 Å². The minimum atomic E-state index is -0.162. The maximum absolute atomic E-state index is 12.3. The number of rotatable bonds is 4. The number of carbonyl (C=O) groups is 1. The topological polar surface area (TPSA) is 54.9 Å². The molecule has 4 nitrogen and oxygen atoms in total. The Bertz CT molecular complexity index is 814. The molecule has 0 aliphatic carbocycles. The zero-order chi connectivity index (χ0) is 15.4. The van der Waals surface area contributed by atoms with E-state index in [2.05, 4.69) is 28.3 Å². The van der Waals surface area contributed by atoms with Gasteiger partial charge in [-0.05, 0) is 35.7 Å². The smallest absolute Gasteiger partial charge is 0.270 e. The van der Waals surface area contributed by atoms with E-state index < -0.39 is 0 Å². The molecule has 0 saturated heterocycles. The highest BCUT2D eigenvalue weighted by atomic mass is 16.1. The number of amides is 1. The summed E-state index contributed by atoms with van der Waals surface area (Å²) in [6.45, 7) is 2.62. The Kier molecular flexibility index (Phi) is 4.10. The lowest BCUT2D eigenvalue weighted by molar-refractivity contribution is 0.0946. The molecule has 0 saturated carbocycles. The van der Waals surface area contributed by atoms with Gasteiger partial charge in [0.15, 0.2) is 0 Å². The molecule has 0 radical (unpaired) electrons. The number of nitrogens with one attached hydrogen (secondary N) is 1. The fraction of sp³-hybridized carbons (Fsp3) is 0.167. The third-order valence-corrected chi connectivity index (χ3v) is 3.66. The molecule has 0 atom stereocenters. The first kappa shape index (κ1) is 14.2. The minimum absolute atomic E-state index is 0.162. The summed E-state index contributed by atoms with van der Waals surface area (Å²) in [4.78, 5) is 20.7. The van der Waals surface area contributed by atoms with Gasteiger partial charge in [0.05, 0.1) is 5.52 Å². The van der Waals surface area contributed by atoms with Gasteiger partial charge in [0.2, 0.25) is 0 Å². The summed E-state index contributed by atoms with van der Waals surface area (Å²) >= 11 is 0. The standard InChI is InChI=1S/C18H17N3O/c1-2-13-5-3-4-6-14(13)12-20-18(22)17-8-7-15-11-19-10-9-16(15)21-17/h3-11H,2,12H2,1H3,(H,20,22). The van der Waals surface area contributed by atoms with Crippen LogP contribution in [-0.2, 0) is 13.0 Å². The van der Waals surface area contributed by atoms with Gasteiger partial charge in [0.25, 0.3) is 5.91 Å². The Morgan fingerprint density at radius 3 is 2.73 bits per heavy atom. The predicted molar refractivity (Wildman–Crippen MR) is 86.5 cm³/mol. The average molecular weight is 291 g/mol. The number of hydrogen-bond donors (Lipinski definition) is 1. The number of benzene rings is 1. The summed E-state index contributed by atoms with van der Waals surface area (Å²) in [7, 11) is 0. The molecule has 2 heterocycles. The Labute approximate surface area is 129 Å². The highest BCUT2D eigenvalue weighted by Crippen LogP contribution is 2.12. The van der Waals surface area contributed by atoms with E-state index in [-0.39, 0.29) is 5.91 Å². The summed E-state index contributed by atoms with van der Waals surface area (Å²) < 4.78 is 0. The van der Waals surface area contributed by atoms with Gasteiger partial charge < -0.3 is 5.32 Å². The van der Waals surface area contributed by atoms with Crippen molar-refractivity contribution in [2.75, 3.05) is 0 Å². The number of carbonyl (C=O) groups excluding carboxylic acids is 1. The first-order valence-electron chi connectivity index (χ1n) is 7.33. The van der Waals surface area contributed by atoms with E-state index in [1.54, 1.807) is 24.5 Å². The zero-order valence-electron chi connectivity index (χ0n) is 12.4. The van der Waals surface area contributed by atoms with Crippen molar-refractivity contribution in [3.63, 3.8) is 0 Å². The molecule has 0 bridgehead atoms. The summed E-state index contributed by atoms with van der Waals surface area (Å²) in [6, 6.07) is 13.5. The van der Waals surface area contributed by atoms with Crippen LogP contribution in [0.25, 0.3) is 10.9 Å². The van der Waals surface area contributed by atoms with E-state index in [1.807, 2.05) is 24.3 Å². The van der Waals surface area contributed by atoms with Crippen molar-refractivity contribution in [1.82, 2.24) is 15.3 Å². The predicted octanol–water partition coefficient (Wildman–Crippen LogP) is 3.12. The largest absolute Gasteiger partial charge is 0.347 e. The lowest BCUT2D eigenvalue weighted by Gasteiger charge is -2.09. The number of aryl methyl sites for hydroxylation is 1. The Balaban J connectivity index is 1.75. The van der Waals surface area contributed by atoms with E-state index in [9.17, 15) is 4.79 Å². The molecule has 0 unspecified atom stereocenters. The fourth-order valence-electron chi connectivity index (χ4n) is 2.43. The third kappa shape index (κ3) is 2.96. The van der Waals surface area contributed by atoms with Crippen LogP contribution in [0.3, 0.4) is 0 Å². The van der Waals surface area contributed by atoms with Crippen molar-refractivity contribution in [2.24, 2.45) is 0 Å². The normalized spacial score (nSPS) is 10.6. The Morgan fingerprint density at radius 2 is 1.91 bits per heavy atom. The van der Waals surface area contributed by atoms with Crippen LogP contribution >= 0.6 is 0 Å². The molecule has 1 aromatic carbocycles. The summed E-state index contributed by atoms with van der Waals surface area (Å²) in [5.74, 6) is -0.162. The van der Waals surface area contributed by atoms with Crippen LogP contribution in [0.5, 0.6) is 0 Å². The fourth-order valence-corrected chi connectivity index (χ4v) is 2.43. The molecule has 4 heteroatoms. The lowest BCUT2D eigenvalue weighted by Crippen LogP contribution is -2.24. The van der Waals surface area contributed by atoms with Gasteiger partial charge in [-0.25, -0.2) is 4.98 Å². The molecule has 0 aliphatic heterocycles. The SMILES string of the molecule is CCc1ccccc1CNC(=O)c1ccc2cnccc2n1. The number of aromatic nitrogens is 2. The monoisotopic (exact) mass is 291 g/mol. The Morgan fingerprint density at radius 1 is 1.09 bits per heavy atom. The summed E-state index contributed by atoms with van der Waals surface area (Å²) in [5.41, 5.74) is 3.59. The van der Waals surface area contributed by atoms with Gasteiger partial charge in [-0.15, -0.1) is 0 Å². The average Bonchev–Trinajstić information content (AvgIpc) is 2.59. The van der Waals surface area contributed by atoms with Crippen LogP contribution in [0.2, 0.25) is 0 Å². The highest BCUT2D eigenvalue weighted by molar-refractivity contribution is 5.94. The quantitative estimate of drug-likeness (QED) is 0.803. The van der Waals surface area contributed by atoms with E-state index in [0.717, 1.165) is 22.9 Å². The van der Waals surface area contributed by atoms with E-state index in [0.29, 0.717) is 12.2 Å². The number of nitrogens with zero attached hydrogens (tertiary/aromatic N) is 2. The number of fused-ring (bicyclic) bond motifs is 1. The summed E-state index contributed by atoms with van der Waals surface area (Å²) in [6.07, 6.45) is 4.36. The van der Waals surface area contributed by atoms with Crippen molar-refractivity contribution in [1.29, 1.82) is 0 Å². The van der Waals surface area contributed by atoms with Crippen LogP contribution in [0, 0.1) is 0 Å². The Hall–Kier alpha value is -2.75. The van der Waals surface area contributed by atoms with Crippen LogP contribution in [0.4, 0.5) is 0 Å². The molecule has 0 aliphatic rings. The lowest BCUT2D eigenvalue weighted by atomic mass is 10.1. The van der Waals surface area contributed by atoms with E-state index in [4.69, 9.17) is 0 Å². The zero-order valence-corrected chi connectivity index (χ0v) is 12.4. The van der Waals surface area contributed by atoms with Gasteiger partial charge in [-0.1, -0.05) is 31.2 Å². The van der Waals surface area contributed by atoms with E-state index >= 15 is 0 Å². The van der Waals surface area contributed by atoms with Crippen molar-refractivity contribution < 1.29 is 4.79 Å². The maximum Gasteiger partial charge on any atom is 0.270 e. The van der Waals surface area contributed by atoms with Gasteiger partial charge >= 0.3 is 0 Å². The first-order valence-corrected chi connectivity index (χ1v) is 7.33. The van der Waals surface area contributed by atoms with E-state index in [1.165, 1.54) is 5.56 Å². The maximum atomic E-state index is 12.3. The molecule has 0 fully saturated rings. The van der Waals surface area contributed by atoms with Gasteiger partial charge in [0, 0.05) is 24.3 Å². The summed E-state index contributed by atoms with van der Waals surface area (Å²) in [5, 5.41) is 3.86. The molecule has 3 rings (SSSR count). The molecule has 22 heavy (non-hydrogen) atoms. The second-order valence-corrected chi connectivity index (χ2v) is 5.07.